The second kappa shape index (κ2) is 10.8. The van der Waals surface area contributed by atoms with Gasteiger partial charge in [0.2, 0.25) is 15.9 Å². The Hall–Kier alpha value is -3.07. The number of rotatable bonds is 10. The summed E-state index contributed by atoms with van der Waals surface area (Å²) in [5, 5.41) is 2.80. The van der Waals surface area contributed by atoms with Crippen molar-refractivity contribution in [3.8, 4) is 5.75 Å². The molecule has 1 amide bonds. The second-order valence-corrected chi connectivity index (χ2v) is 8.84. The predicted octanol–water partition coefficient (Wildman–Crippen LogP) is 3.37. The molecule has 0 aliphatic carbocycles. The molecule has 0 fully saturated rings. The van der Waals surface area contributed by atoms with E-state index in [4.69, 9.17) is 9.47 Å². The van der Waals surface area contributed by atoms with Gasteiger partial charge < -0.3 is 14.8 Å². The molecular formula is C22H28N2O6S. The van der Waals surface area contributed by atoms with Crippen LogP contribution in [-0.4, -0.2) is 46.8 Å². The average molecular weight is 449 g/mol. The molecule has 0 radical (unpaired) electrons. The molecule has 168 valence electrons. The SMILES string of the molecule is CCOC(=O)c1ccc(NC(=O)CCCN(c2ccc(OC)cc2)S(C)(=O)=O)c(C)c1. The first-order chi connectivity index (χ1) is 14.7. The largest absolute Gasteiger partial charge is 0.497 e. The first-order valence-corrected chi connectivity index (χ1v) is 11.7. The highest BCUT2D eigenvalue weighted by Crippen LogP contribution is 2.22. The Labute approximate surface area is 183 Å². The number of esters is 1. The van der Waals surface area contributed by atoms with Crippen LogP contribution in [0.3, 0.4) is 0 Å². The lowest BCUT2D eigenvalue weighted by molar-refractivity contribution is -0.116. The third-order valence-electron chi connectivity index (χ3n) is 4.54. The van der Waals surface area contributed by atoms with Gasteiger partial charge in [-0.25, -0.2) is 13.2 Å². The molecule has 2 aromatic carbocycles. The number of aryl methyl sites for hydroxylation is 1. The van der Waals surface area contributed by atoms with Crippen LogP contribution in [0.25, 0.3) is 0 Å². The van der Waals surface area contributed by atoms with E-state index in [1.165, 1.54) is 11.4 Å². The normalized spacial score (nSPS) is 11.0. The Balaban J connectivity index is 1.97. The van der Waals surface area contributed by atoms with Gasteiger partial charge in [0.1, 0.15) is 5.75 Å². The van der Waals surface area contributed by atoms with E-state index in [0.29, 0.717) is 29.1 Å². The van der Waals surface area contributed by atoms with Crippen molar-refractivity contribution in [3.63, 3.8) is 0 Å². The highest BCUT2D eigenvalue weighted by molar-refractivity contribution is 7.92. The van der Waals surface area contributed by atoms with Crippen molar-refractivity contribution in [1.82, 2.24) is 0 Å². The molecule has 0 atom stereocenters. The fourth-order valence-electron chi connectivity index (χ4n) is 2.98. The highest BCUT2D eigenvalue weighted by atomic mass is 32.2. The first-order valence-electron chi connectivity index (χ1n) is 9.85. The summed E-state index contributed by atoms with van der Waals surface area (Å²) in [6, 6.07) is 11.6. The lowest BCUT2D eigenvalue weighted by atomic mass is 10.1. The van der Waals surface area contributed by atoms with Gasteiger partial charge in [0.25, 0.3) is 0 Å². The van der Waals surface area contributed by atoms with Gasteiger partial charge in [-0.2, -0.15) is 0 Å². The van der Waals surface area contributed by atoms with Gasteiger partial charge in [-0.3, -0.25) is 9.10 Å². The van der Waals surface area contributed by atoms with Crippen molar-refractivity contribution in [2.75, 3.05) is 36.1 Å². The highest BCUT2D eigenvalue weighted by Gasteiger charge is 2.18. The van der Waals surface area contributed by atoms with Crippen LogP contribution in [0.4, 0.5) is 11.4 Å². The number of hydrogen-bond acceptors (Lipinski definition) is 6. The van der Waals surface area contributed by atoms with Crippen LogP contribution in [0, 0.1) is 6.92 Å². The summed E-state index contributed by atoms with van der Waals surface area (Å²) in [6.45, 7) is 3.98. The molecule has 2 rings (SSSR count). The van der Waals surface area contributed by atoms with Crippen molar-refractivity contribution in [2.24, 2.45) is 0 Å². The number of nitrogens with one attached hydrogen (secondary N) is 1. The van der Waals surface area contributed by atoms with Gasteiger partial charge in [0.15, 0.2) is 0 Å². The molecule has 8 nitrogen and oxygen atoms in total. The van der Waals surface area contributed by atoms with E-state index >= 15 is 0 Å². The maximum absolute atomic E-state index is 12.3. The molecule has 0 aliphatic heterocycles. The number of amides is 1. The quantitative estimate of drug-likeness (QED) is 0.559. The van der Waals surface area contributed by atoms with E-state index in [1.54, 1.807) is 56.3 Å². The predicted molar refractivity (Wildman–Crippen MR) is 120 cm³/mol. The first kappa shape index (κ1) is 24.2. The number of sulfonamides is 1. The fourth-order valence-corrected chi connectivity index (χ4v) is 3.94. The molecule has 31 heavy (non-hydrogen) atoms. The van der Waals surface area contributed by atoms with Crippen molar-refractivity contribution in [1.29, 1.82) is 0 Å². The number of ether oxygens (including phenoxy) is 2. The summed E-state index contributed by atoms with van der Waals surface area (Å²) in [5.74, 6) is -0.0287. The Bertz CT molecular complexity index is 1020. The van der Waals surface area contributed by atoms with Crippen LogP contribution in [0.15, 0.2) is 42.5 Å². The minimum Gasteiger partial charge on any atom is -0.497 e. The summed E-state index contributed by atoms with van der Waals surface area (Å²) in [4.78, 5) is 24.1. The number of nitrogens with zero attached hydrogens (tertiary/aromatic N) is 1. The average Bonchev–Trinajstić information content (AvgIpc) is 2.72. The van der Waals surface area contributed by atoms with Crippen LogP contribution in [0.5, 0.6) is 5.75 Å². The number of benzene rings is 2. The number of methoxy groups -OCH3 is 1. The van der Waals surface area contributed by atoms with Crippen LogP contribution in [0.2, 0.25) is 0 Å². The van der Waals surface area contributed by atoms with Gasteiger partial charge in [0.05, 0.1) is 31.2 Å². The zero-order valence-corrected chi connectivity index (χ0v) is 19.0. The van der Waals surface area contributed by atoms with Gasteiger partial charge in [-0.15, -0.1) is 0 Å². The molecule has 0 bridgehead atoms. The summed E-state index contributed by atoms with van der Waals surface area (Å²) < 4.78 is 35.7. The van der Waals surface area contributed by atoms with E-state index in [1.807, 2.05) is 0 Å². The van der Waals surface area contributed by atoms with Gasteiger partial charge in [-0.1, -0.05) is 0 Å². The smallest absolute Gasteiger partial charge is 0.338 e. The Morgan fingerprint density at radius 2 is 1.77 bits per heavy atom. The fraction of sp³-hybridized carbons (Fsp3) is 0.364. The van der Waals surface area contributed by atoms with E-state index in [2.05, 4.69) is 5.32 Å². The molecular weight excluding hydrogens is 420 g/mol. The molecule has 9 heteroatoms. The number of carbonyl (C=O) groups is 2. The van der Waals surface area contributed by atoms with Crippen LogP contribution < -0.4 is 14.4 Å². The number of hydrogen-bond donors (Lipinski definition) is 1. The molecule has 0 unspecified atom stereocenters. The molecule has 2 aromatic rings. The summed E-state index contributed by atoms with van der Waals surface area (Å²) >= 11 is 0. The number of anilines is 2. The second-order valence-electron chi connectivity index (χ2n) is 6.94. The molecule has 0 saturated heterocycles. The van der Waals surface area contributed by atoms with E-state index in [0.717, 1.165) is 11.8 Å². The summed E-state index contributed by atoms with van der Waals surface area (Å²) in [6.07, 6.45) is 1.61. The Morgan fingerprint density at radius 1 is 1.10 bits per heavy atom. The van der Waals surface area contributed by atoms with Gasteiger partial charge in [-0.05, 0) is 68.3 Å². The minimum atomic E-state index is -3.50. The Morgan fingerprint density at radius 3 is 2.32 bits per heavy atom. The van der Waals surface area contributed by atoms with Crippen molar-refractivity contribution in [3.05, 3.63) is 53.6 Å². The Kier molecular flexibility index (Phi) is 8.44. The number of carbonyl (C=O) groups excluding carboxylic acids is 2. The topological polar surface area (TPSA) is 102 Å². The van der Waals surface area contributed by atoms with Crippen molar-refractivity contribution < 1.29 is 27.5 Å². The summed E-state index contributed by atoms with van der Waals surface area (Å²) in [7, 11) is -1.97. The third kappa shape index (κ3) is 6.99. The maximum atomic E-state index is 12.3. The van der Waals surface area contributed by atoms with E-state index in [9.17, 15) is 18.0 Å². The van der Waals surface area contributed by atoms with Gasteiger partial charge >= 0.3 is 5.97 Å². The van der Waals surface area contributed by atoms with Crippen LogP contribution >= 0.6 is 0 Å². The lowest BCUT2D eigenvalue weighted by Gasteiger charge is -2.22. The molecule has 1 N–H and O–H groups in total. The molecule has 0 aromatic heterocycles. The van der Waals surface area contributed by atoms with Crippen molar-refractivity contribution >= 4 is 33.3 Å². The maximum Gasteiger partial charge on any atom is 0.338 e. The summed E-state index contributed by atoms with van der Waals surface area (Å²) in [5.41, 5.74) is 2.25. The zero-order chi connectivity index (χ0) is 23.0. The lowest BCUT2D eigenvalue weighted by Crippen LogP contribution is -2.31. The minimum absolute atomic E-state index is 0.140. The monoisotopic (exact) mass is 448 g/mol. The van der Waals surface area contributed by atoms with Crippen LogP contribution in [0.1, 0.15) is 35.7 Å². The van der Waals surface area contributed by atoms with Gasteiger partial charge in [0, 0.05) is 18.7 Å². The zero-order valence-electron chi connectivity index (χ0n) is 18.2. The van der Waals surface area contributed by atoms with Crippen molar-refractivity contribution in [2.45, 2.75) is 26.7 Å². The molecule has 0 spiro atoms. The van der Waals surface area contributed by atoms with E-state index in [-0.39, 0.29) is 25.5 Å². The third-order valence-corrected chi connectivity index (χ3v) is 5.73. The molecule has 0 aliphatic rings. The van der Waals surface area contributed by atoms with Crippen LogP contribution in [-0.2, 0) is 19.6 Å². The molecule has 0 saturated carbocycles. The molecule has 0 heterocycles. The van der Waals surface area contributed by atoms with E-state index < -0.39 is 16.0 Å². The standard InChI is InChI=1S/C22H28N2O6S/c1-5-30-22(26)17-8-13-20(16(2)15-17)23-21(25)7-6-14-24(31(4,27)28)18-9-11-19(29-3)12-10-18/h8-13,15H,5-7,14H2,1-4H3,(H,23,25).